The standard InChI is InChI=1S/C16H18FNO2S/c1-11-3-8-15(21-11)14(20-2)10-18-16(19)9-12-4-6-13(17)7-5-12/h3-8,14H,9-10H2,1-2H3,(H,18,19)/t14-/m1/s1. The van der Waals surface area contributed by atoms with Crippen LogP contribution in [-0.4, -0.2) is 19.6 Å². The predicted octanol–water partition coefficient (Wildman–Crippen LogP) is 3.24. The highest BCUT2D eigenvalue weighted by Crippen LogP contribution is 2.24. The summed E-state index contributed by atoms with van der Waals surface area (Å²) in [7, 11) is 1.63. The summed E-state index contributed by atoms with van der Waals surface area (Å²) in [5, 5.41) is 2.85. The van der Waals surface area contributed by atoms with Gasteiger partial charge in [0.25, 0.3) is 0 Å². The van der Waals surface area contributed by atoms with Crippen molar-refractivity contribution in [3.8, 4) is 0 Å². The molecule has 2 aromatic rings. The van der Waals surface area contributed by atoms with Crippen molar-refractivity contribution in [3.05, 3.63) is 57.5 Å². The van der Waals surface area contributed by atoms with E-state index in [0.717, 1.165) is 10.4 Å². The van der Waals surface area contributed by atoms with Crippen molar-refractivity contribution in [1.82, 2.24) is 5.32 Å². The smallest absolute Gasteiger partial charge is 0.224 e. The van der Waals surface area contributed by atoms with Gasteiger partial charge in [0.1, 0.15) is 11.9 Å². The van der Waals surface area contributed by atoms with Crippen LogP contribution in [0.5, 0.6) is 0 Å². The number of rotatable bonds is 6. The number of hydrogen-bond acceptors (Lipinski definition) is 3. The minimum Gasteiger partial charge on any atom is -0.374 e. The Hall–Kier alpha value is -1.72. The van der Waals surface area contributed by atoms with Gasteiger partial charge in [-0.1, -0.05) is 12.1 Å². The second-order valence-electron chi connectivity index (χ2n) is 4.78. The summed E-state index contributed by atoms with van der Waals surface area (Å²) in [6.45, 7) is 2.46. The van der Waals surface area contributed by atoms with Crippen molar-refractivity contribution in [2.24, 2.45) is 0 Å². The maximum absolute atomic E-state index is 12.8. The molecule has 0 aliphatic heterocycles. The van der Waals surface area contributed by atoms with E-state index in [4.69, 9.17) is 4.74 Å². The third-order valence-corrected chi connectivity index (χ3v) is 4.22. The van der Waals surface area contributed by atoms with E-state index in [0.29, 0.717) is 6.54 Å². The number of benzene rings is 1. The Balaban J connectivity index is 1.86. The Morgan fingerprint density at radius 3 is 2.57 bits per heavy atom. The van der Waals surface area contributed by atoms with Crippen molar-refractivity contribution in [2.45, 2.75) is 19.4 Å². The molecule has 21 heavy (non-hydrogen) atoms. The van der Waals surface area contributed by atoms with E-state index in [1.165, 1.54) is 17.0 Å². The molecule has 112 valence electrons. The number of methoxy groups -OCH3 is 1. The van der Waals surface area contributed by atoms with Crippen molar-refractivity contribution >= 4 is 17.2 Å². The summed E-state index contributed by atoms with van der Waals surface area (Å²) in [5.41, 5.74) is 0.787. The zero-order valence-electron chi connectivity index (χ0n) is 12.1. The minimum absolute atomic E-state index is 0.100. The SMILES string of the molecule is CO[C@H](CNC(=O)Cc1ccc(F)cc1)c1ccc(C)s1. The zero-order valence-corrected chi connectivity index (χ0v) is 12.9. The number of nitrogens with one attached hydrogen (secondary N) is 1. The van der Waals surface area contributed by atoms with Crippen molar-refractivity contribution in [1.29, 1.82) is 0 Å². The van der Waals surface area contributed by atoms with Gasteiger partial charge in [0, 0.05) is 23.4 Å². The number of carbonyl (C=O) groups excluding carboxylic acids is 1. The van der Waals surface area contributed by atoms with E-state index in [1.807, 2.05) is 19.1 Å². The molecule has 1 aromatic heterocycles. The quantitative estimate of drug-likeness (QED) is 0.889. The molecular weight excluding hydrogens is 289 g/mol. The number of halogens is 1. The molecule has 0 spiro atoms. The van der Waals surface area contributed by atoms with Crippen LogP contribution < -0.4 is 5.32 Å². The number of carbonyl (C=O) groups is 1. The fraction of sp³-hybridized carbons (Fsp3) is 0.312. The highest BCUT2D eigenvalue weighted by Gasteiger charge is 2.14. The summed E-state index contributed by atoms with van der Waals surface area (Å²) < 4.78 is 18.2. The van der Waals surface area contributed by atoms with E-state index in [9.17, 15) is 9.18 Å². The summed E-state index contributed by atoms with van der Waals surface area (Å²) in [4.78, 5) is 14.2. The summed E-state index contributed by atoms with van der Waals surface area (Å²) in [6.07, 6.45) is 0.0982. The van der Waals surface area contributed by atoms with Gasteiger partial charge < -0.3 is 10.1 Å². The zero-order chi connectivity index (χ0) is 15.2. The van der Waals surface area contributed by atoms with Crippen LogP contribution in [0.3, 0.4) is 0 Å². The summed E-state index contributed by atoms with van der Waals surface area (Å²) >= 11 is 1.66. The fourth-order valence-electron chi connectivity index (χ4n) is 1.98. The molecule has 0 saturated carbocycles. The van der Waals surface area contributed by atoms with Crippen LogP contribution in [-0.2, 0) is 16.0 Å². The molecule has 3 nitrogen and oxygen atoms in total. The largest absolute Gasteiger partial charge is 0.374 e. The van der Waals surface area contributed by atoms with Gasteiger partial charge in [-0.2, -0.15) is 0 Å². The van der Waals surface area contributed by atoms with Gasteiger partial charge in [-0.05, 0) is 36.8 Å². The minimum atomic E-state index is -0.299. The molecular formula is C16H18FNO2S. The third kappa shape index (κ3) is 4.65. The first-order valence-corrected chi connectivity index (χ1v) is 7.50. The maximum atomic E-state index is 12.8. The average Bonchev–Trinajstić information content (AvgIpc) is 2.89. The number of ether oxygens (including phenoxy) is 1. The van der Waals surface area contributed by atoms with Crippen LogP contribution in [0, 0.1) is 12.7 Å². The second kappa shape index (κ2) is 7.33. The maximum Gasteiger partial charge on any atom is 0.224 e. The van der Waals surface area contributed by atoms with Crippen molar-refractivity contribution in [2.75, 3.05) is 13.7 Å². The molecule has 5 heteroatoms. The molecule has 0 fully saturated rings. The molecule has 0 unspecified atom stereocenters. The van der Waals surface area contributed by atoms with Gasteiger partial charge in [0.05, 0.1) is 6.42 Å². The molecule has 1 atom stereocenters. The number of amides is 1. The Bertz CT molecular complexity index is 595. The Kier molecular flexibility index (Phi) is 5.47. The predicted molar refractivity (Wildman–Crippen MR) is 81.9 cm³/mol. The van der Waals surface area contributed by atoms with Crippen molar-refractivity contribution in [3.63, 3.8) is 0 Å². The number of hydrogen-bond donors (Lipinski definition) is 1. The molecule has 1 heterocycles. The first-order chi connectivity index (χ1) is 10.1. The molecule has 2 rings (SSSR count). The fourth-order valence-corrected chi connectivity index (χ4v) is 2.94. The van der Waals surface area contributed by atoms with Crippen LogP contribution in [0.15, 0.2) is 36.4 Å². The van der Waals surface area contributed by atoms with E-state index < -0.39 is 0 Å². The normalized spacial score (nSPS) is 12.1. The van der Waals surface area contributed by atoms with Gasteiger partial charge in [0.2, 0.25) is 5.91 Å². The van der Waals surface area contributed by atoms with Crippen molar-refractivity contribution < 1.29 is 13.9 Å². The van der Waals surface area contributed by atoms with Gasteiger partial charge in [-0.3, -0.25) is 4.79 Å². The highest BCUT2D eigenvalue weighted by atomic mass is 32.1. The van der Waals surface area contributed by atoms with Gasteiger partial charge in [0.15, 0.2) is 0 Å². The summed E-state index contributed by atoms with van der Waals surface area (Å²) in [6, 6.07) is 9.99. The van der Waals surface area contributed by atoms with Gasteiger partial charge >= 0.3 is 0 Å². The van der Waals surface area contributed by atoms with E-state index >= 15 is 0 Å². The molecule has 0 aliphatic rings. The highest BCUT2D eigenvalue weighted by molar-refractivity contribution is 7.12. The van der Waals surface area contributed by atoms with E-state index in [-0.39, 0.29) is 24.2 Å². The van der Waals surface area contributed by atoms with Crippen LogP contribution in [0.1, 0.15) is 21.4 Å². The molecule has 0 radical (unpaired) electrons. The molecule has 0 bridgehead atoms. The summed E-state index contributed by atoms with van der Waals surface area (Å²) in [5.74, 6) is -0.399. The first kappa shape index (κ1) is 15.7. The van der Waals surface area contributed by atoms with Crippen LogP contribution in [0.2, 0.25) is 0 Å². The Morgan fingerprint density at radius 2 is 2.00 bits per heavy atom. The third-order valence-electron chi connectivity index (χ3n) is 3.13. The lowest BCUT2D eigenvalue weighted by molar-refractivity contribution is -0.121. The van der Waals surface area contributed by atoms with Gasteiger partial charge in [-0.15, -0.1) is 11.3 Å². The first-order valence-electron chi connectivity index (χ1n) is 6.68. The van der Waals surface area contributed by atoms with Crippen LogP contribution >= 0.6 is 11.3 Å². The van der Waals surface area contributed by atoms with E-state index in [2.05, 4.69) is 5.32 Å². The monoisotopic (exact) mass is 307 g/mol. The topological polar surface area (TPSA) is 38.3 Å². The van der Waals surface area contributed by atoms with Crippen LogP contribution in [0.4, 0.5) is 4.39 Å². The lowest BCUT2D eigenvalue weighted by atomic mass is 10.1. The number of thiophene rings is 1. The molecule has 0 saturated heterocycles. The molecule has 1 aromatic carbocycles. The molecule has 0 aliphatic carbocycles. The molecule has 1 N–H and O–H groups in total. The lowest BCUT2D eigenvalue weighted by Gasteiger charge is -2.14. The Labute approximate surface area is 127 Å². The van der Waals surface area contributed by atoms with E-state index in [1.54, 1.807) is 30.6 Å². The second-order valence-corrected chi connectivity index (χ2v) is 6.10. The average molecular weight is 307 g/mol. The van der Waals surface area contributed by atoms with Gasteiger partial charge in [-0.25, -0.2) is 4.39 Å². The number of aryl methyl sites for hydroxylation is 1. The lowest BCUT2D eigenvalue weighted by Crippen LogP contribution is -2.30. The Morgan fingerprint density at radius 1 is 1.29 bits per heavy atom. The molecule has 1 amide bonds. The van der Waals surface area contributed by atoms with Crippen LogP contribution in [0.25, 0.3) is 0 Å².